The Balaban J connectivity index is 1.45. The molecule has 1 N–H and O–H groups in total. The van der Waals surface area contributed by atoms with Crippen molar-refractivity contribution in [2.45, 2.75) is 37.8 Å². The summed E-state index contributed by atoms with van der Waals surface area (Å²) >= 11 is 5.39. The molecule has 0 aromatic heterocycles. The maximum absolute atomic E-state index is 12.2. The van der Waals surface area contributed by atoms with Crippen LogP contribution in [0, 0.1) is 0 Å². The molecule has 6 heteroatoms. The van der Waals surface area contributed by atoms with E-state index < -0.39 is 0 Å². The molecule has 2 heterocycles. The second kappa shape index (κ2) is 5.63. The zero-order valence-electron chi connectivity index (χ0n) is 11.1. The molecule has 19 heavy (non-hydrogen) atoms. The van der Waals surface area contributed by atoms with Gasteiger partial charge in [-0.3, -0.25) is 4.79 Å². The van der Waals surface area contributed by atoms with E-state index in [0.717, 1.165) is 50.7 Å². The molecule has 0 unspecified atom stereocenters. The summed E-state index contributed by atoms with van der Waals surface area (Å²) in [7, 11) is 0. The van der Waals surface area contributed by atoms with Crippen LogP contribution in [0.1, 0.15) is 25.7 Å². The molecule has 0 bridgehead atoms. The van der Waals surface area contributed by atoms with Crippen LogP contribution in [0.15, 0.2) is 0 Å². The van der Waals surface area contributed by atoms with E-state index in [1.807, 2.05) is 4.90 Å². The van der Waals surface area contributed by atoms with Crippen molar-refractivity contribution >= 4 is 23.2 Å². The smallest absolute Gasteiger partial charge is 0.251 e. The maximum Gasteiger partial charge on any atom is 0.251 e. The third kappa shape index (κ3) is 3.17. The van der Waals surface area contributed by atoms with E-state index in [1.165, 1.54) is 12.8 Å². The van der Waals surface area contributed by atoms with Gasteiger partial charge in [-0.05, 0) is 37.9 Å². The fraction of sp³-hybridized carbons (Fsp3) is 0.846. The van der Waals surface area contributed by atoms with Crippen molar-refractivity contribution in [3.8, 4) is 0 Å². The predicted molar refractivity (Wildman–Crippen MR) is 75.9 cm³/mol. The van der Waals surface area contributed by atoms with Crippen molar-refractivity contribution in [2.24, 2.45) is 0 Å². The number of hydrogen-bond donors (Lipinski definition) is 1. The van der Waals surface area contributed by atoms with E-state index in [1.54, 1.807) is 0 Å². The molecule has 3 aliphatic rings. The first kappa shape index (κ1) is 13.1. The highest BCUT2D eigenvalue weighted by molar-refractivity contribution is 7.80. The number of carbonyl (C=O) groups excluding carboxylic acids is 1. The van der Waals surface area contributed by atoms with Crippen LogP contribution in [-0.2, 0) is 9.53 Å². The van der Waals surface area contributed by atoms with Crippen molar-refractivity contribution in [2.75, 3.05) is 32.8 Å². The molecule has 2 saturated heterocycles. The van der Waals surface area contributed by atoms with Gasteiger partial charge < -0.3 is 19.9 Å². The SMILES string of the molecule is O=C([C@@H]1CCCO1)N1CCN(C(=S)NC2CC2)CC1. The number of amides is 1. The number of rotatable bonds is 2. The first-order chi connectivity index (χ1) is 9.24. The van der Waals surface area contributed by atoms with Crippen LogP contribution in [0.25, 0.3) is 0 Å². The van der Waals surface area contributed by atoms with Crippen molar-refractivity contribution in [3.05, 3.63) is 0 Å². The Hall–Kier alpha value is -0.880. The van der Waals surface area contributed by atoms with Crippen LogP contribution in [0.2, 0.25) is 0 Å². The Bertz CT molecular complexity index is 359. The summed E-state index contributed by atoms with van der Waals surface area (Å²) in [5, 5.41) is 4.21. The molecule has 5 nitrogen and oxygen atoms in total. The molecule has 3 rings (SSSR count). The largest absolute Gasteiger partial charge is 0.368 e. The first-order valence-corrected chi connectivity index (χ1v) is 7.61. The van der Waals surface area contributed by atoms with Gasteiger partial charge in [0.2, 0.25) is 0 Å². The fourth-order valence-electron chi connectivity index (χ4n) is 2.60. The average molecular weight is 283 g/mol. The summed E-state index contributed by atoms with van der Waals surface area (Å²) in [4.78, 5) is 16.3. The average Bonchev–Trinajstić information content (AvgIpc) is 3.08. The summed E-state index contributed by atoms with van der Waals surface area (Å²) in [6.07, 6.45) is 4.16. The van der Waals surface area contributed by atoms with Gasteiger partial charge in [0.25, 0.3) is 5.91 Å². The molecule has 1 atom stereocenters. The van der Waals surface area contributed by atoms with Gasteiger partial charge in [-0.25, -0.2) is 0 Å². The summed E-state index contributed by atoms with van der Waals surface area (Å²) in [5.74, 6) is 0.165. The molecule has 0 aromatic carbocycles. The molecule has 0 aromatic rings. The van der Waals surface area contributed by atoms with E-state index >= 15 is 0 Å². The molecule has 1 aliphatic carbocycles. The second-order valence-corrected chi connectivity index (χ2v) is 5.92. The van der Waals surface area contributed by atoms with Gasteiger partial charge in [-0.1, -0.05) is 0 Å². The minimum absolute atomic E-state index is 0.165. The van der Waals surface area contributed by atoms with Gasteiger partial charge in [0.1, 0.15) is 6.10 Å². The molecule has 1 amide bonds. The fourth-order valence-corrected chi connectivity index (χ4v) is 2.95. The van der Waals surface area contributed by atoms with Crippen LogP contribution >= 0.6 is 12.2 Å². The summed E-state index contributed by atoms with van der Waals surface area (Å²) < 4.78 is 5.46. The normalized spacial score (nSPS) is 27.5. The lowest BCUT2D eigenvalue weighted by Gasteiger charge is -2.37. The predicted octanol–water partition coefficient (Wildman–Crippen LogP) is 0.347. The van der Waals surface area contributed by atoms with E-state index in [0.29, 0.717) is 6.04 Å². The van der Waals surface area contributed by atoms with Crippen LogP contribution in [-0.4, -0.2) is 65.8 Å². The molecule has 106 valence electrons. The lowest BCUT2D eigenvalue weighted by atomic mass is 10.2. The number of piperazine rings is 1. The standard InChI is InChI=1S/C13H21N3O2S/c17-12(11-2-1-9-18-11)15-5-7-16(8-6-15)13(19)14-10-3-4-10/h10-11H,1-9H2,(H,14,19)/t11-/m0/s1. The Morgan fingerprint density at radius 3 is 2.37 bits per heavy atom. The number of nitrogens with zero attached hydrogens (tertiary/aromatic N) is 2. The monoisotopic (exact) mass is 283 g/mol. The number of ether oxygens (including phenoxy) is 1. The minimum Gasteiger partial charge on any atom is -0.368 e. The number of carbonyl (C=O) groups is 1. The van der Waals surface area contributed by atoms with Crippen LogP contribution in [0.4, 0.5) is 0 Å². The van der Waals surface area contributed by atoms with Crippen molar-refractivity contribution in [1.29, 1.82) is 0 Å². The van der Waals surface area contributed by atoms with Crippen molar-refractivity contribution < 1.29 is 9.53 Å². The summed E-state index contributed by atoms with van der Waals surface area (Å²) in [5.41, 5.74) is 0. The van der Waals surface area contributed by atoms with Crippen LogP contribution in [0.5, 0.6) is 0 Å². The Kier molecular flexibility index (Phi) is 3.88. The number of thiocarbonyl (C=S) groups is 1. The molecule has 0 radical (unpaired) electrons. The molecular weight excluding hydrogens is 262 g/mol. The highest BCUT2D eigenvalue weighted by atomic mass is 32.1. The number of nitrogens with one attached hydrogen (secondary N) is 1. The molecular formula is C13H21N3O2S. The van der Waals surface area contributed by atoms with Gasteiger partial charge >= 0.3 is 0 Å². The zero-order valence-corrected chi connectivity index (χ0v) is 12.0. The molecule has 0 spiro atoms. The lowest BCUT2D eigenvalue weighted by Crippen LogP contribution is -2.55. The van der Waals surface area contributed by atoms with E-state index in [4.69, 9.17) is 17.0 Å². The van der Waals surface area contributed by atoms with E-state index in [2.05, 4.69) is 10.2 Å². The topological polar surface area (TPSA) is 44.8 Å². The van der Waals surface area contributed by atoms with E-state index in [9.17, 15) is 4.79 Å². The Morgan fingerprint density at radius 2 is 1.79 bits per heavy atom. The molecule has 1 saturated carbocycles. The van der Waals surface area contributed by atoms with Gasteiger partial charge in [0.05, 0.1) is 0 Å². The summed E-state index contributed by atoms with van der Waals surface area (Å²) in [6, 6.07) is 0.596. The summed E-state index contributed by atoms with van der Waals surface area (Å²) in [6.45, 7) is 3.90. The maximum atomic E-state index is 12.2. The van der Waals surface area contributed by atoms with Crippen molar-refractivity contribution in [3.63, 3.8) is 0 Å². The second-order valence-electron chi connectivity index (χ2n) is 5.54. The lowest BCUT2D eigenvalue weighted by molar-refractivity contribution is -0.142. The van der Waals surface area contributed by atoms with Gasteiger partial charge in [-0.2, -0.15) is 0 Å². The third-order valence-corrected chi connectivity index (χ3v) is 4.36. The highest BCUT2D eigenvalue weighted by Gasteiger charge is 2.31. The third-order valence-electron chi connectivity index (χ3n) is 3.99. The first-order valence-electron chi connectivity index (χ1n) is 7.20. The minimum atomic E-state index is -0.192. The van der Waals surface area contributed by atoms with E-state index in [-0.39, 0.29) is 12.0 Å². The highest BCUT2D eigenvalue weighted by Crippen LogP contribution is 2.20. The van der Waals surface area contributed by atoms with Crippen LogP contribution < -0.4 is 5.32 Å². The van der Waals surface area contributed by atoms with Gasteiger partial charge in [0.15, 0.2) is 5.11 Å². The zero-order chi connectivity index (χ0) is 13.2. The number of hydrogen-bond acceptors (Lipinski definition) is 3. The quantitative estimate of drug-likeness (QED) is 0.741. The Labute approximate surface area is 119 Å². The molecule has 2 aliphatic heterocycles. The van der Waals surface area contributed by atoms with Gasteiger partial charge in [-0.15, -0.1) is 0 Å². The van der Waals surface area contributed by atoms with Gasteiger partial charge in [0, 0.05) is 38.8 Å². The van der Waals surface area contributed by atoms with Crippen LogP contribution in [0.3, 0.4) is 0 Å². The van der Waals surface area contributed by atoms with Crippen molar-refractivity contribution in [1.82, 2.24) is 15.1 Å². The Morgan fingerprint density at radius 1 is 1.11 bits per heavy atom. The molecule has 3 fully saturated rings.